The summed E-state index contributed by atoms with van der Waals surface area (Å²) in [5.41, 5.74) is 0.110. The summed E-state index contributed by atoms with van der Waals surface area (Å²) >= 11 is 0. The molecular formula is C14H18FNO4. The zero-order valence-corrected chi connectivity index (χ0v) is 11.3. The molecule has 0 bridgehead atoms. The third-order valence-corrected chi connectivity index (χ3v) is 3.26. The van der Waals surface area contributed by atoms with E-state index in [1.165, 1.54) is 6.07 Å². The van der Waals surface area contributed by atoms with Crippen LogP contribution < -0.4 is 0 Å². The van der Waals surface area contributed by atoms with Gasteiger partial charge in [-0.05, 0) is 18.6 Å². The van der Waals surface area contributed by atoms with E-state index >= 15 is 0 Å². The summed E-state index contributed by atoms with van der Waals surface area (Å²) < 4.78 is 23.5. The first-order valence-corrected chi connectivity index (χ1v) is 6.50. The van der Waals surface area contributed by atoms with Gasteiger partial charge in [-0.1, -0.05) is 0 Å². The van der Waals surface area contributed by atoms with Crippen molar-refractivity contribution >= 4 is 5.91 Å². The largest absolute Gasteiger partial charge is 0.507 e. The van der Waals surface area contributed by atoms with Crippen molar-refractivity contribution in [3.8, 4) is 5.75 Å². The highest BCUT2D eigenvalue weighted by molar-refractivity contribution is 5.96. The van der Waals surface area contributed by atoms with Crippen LogP contribution in [-0.4, -0.2) is 55.4 Å². The Labute approximate surface area is 116 Å². The van der Waals surface area contributed by atoms with E-state index in [0.29, 0.717) is 32.7 Å². The Morgan fingerprint density at radius 3 is 3.10 bits per heavy atom. The van der Waals surface area contributed by atoms with Crippen LogP contribution in [0.15, 0.2) is 18.2 Å². The molecule has 0 aromatic heterocycles. The number of nitrogens with zero attached hydrogens (tertiary/aromatic N) is 1. The van der Waals surface area contributed by atoms with Crippen LogP contribution >= 0.6 is 0 Å². The first-order chi connectivity index (χ1) is 9.61. The number of carbonyl (C=O) groups is 1. The lowest BCUT2D eigenvalue weighted by Crippen LogP contribution is -2.46. The van der Waals surface area contributed by atoms with Crippen molar-refractivity contribution in [2.75, 3.05) is 33.4 Å². The predicted molar refractivity (Wildman–Crippen MR) is 70.2 cm³/mol. The molecule has 1 N–H and O–H groups in total. The summed E-state index contributed by atoms with van der Waals surface area (Å²) in [6, 6.07) is 3.40. The van der Waals surface area contributed by atoms with Gasteiger partial charge in [-0.2, -0.15) is 0 Å². The quantitative estimate of drug-likeness (QED) is 0.907. The molecule has 1 heterocycles. The Hall–Kier alpha value is -1.66. The number of rotatable bonds is 4. The van der Waals surface area contributed by atoms with Crippen molar-refractivity contribution in [2.45, 2.75) is 12.5 Å². The molecule has 1 aliphatic heterocycles. The molecule has 1 aliphatic rings. The Bertz CT molecular complexity index is 480. The van der Waals surface area contributed by atoms with E-state index in [0.717, 1.165) is 12.1 Å². The maximum absolute atomic E-state index is 12.9. The van der Waals surface area contributed by atoms with Gasteiger partial charge in [0.15, 0.2) is 0 Å². The zero-order valence-electron chi connectivity index (χ0n) is 11.3. The number of methoxy groups -OCH3 is 1. The number of amides is 1. The second-order valence-corrected chi connectivity index (χ2v) is 4.69. The Kier molecular flexibility index (Phi) is 4.92. The van der Waals surface area contributed by atoms with Crippen LogP contribution in [0, 0.1) is 5.82 Å². The number of phenolic OH excluding ortho intramolecular Hbond substituents is 1. The van der Waals surface area contributed by atoms with E-state index in [9.17, 15) is 14.3 Å². The number of halogens is 1. The monoisotopic (exact) mass is 283 g/mol. The first-order valence-electron chi connectivity index (χ1n) is 6.50. The minimum atomic E-state index is -0.570. The number of hydrogen-bond donors (Lipinski definition) is 1. The molecule has 0 unspecified atom stereocenters. The molecule has 6 heteroatoms. The topological polar surface area (TPSA) is 59.0 Å². The fraction of sp³-hybridized carbons (Fsp3) is 0.500. The number of carbonyl (C=O) groups excluding carboxylic acids is 1. The number of ether oxygens (including phenoxy) is 2. The summed E-state index contributed by atoms with van der Waals surface area (Å²) in [5.74, 6) is -1.22. The molecule has 1 saturated heterocycles. The molecule has 0 radical (unpaired) electrons. The molecule has 1 aromatic carbocycles. The third kappa shape index (κ3) is 3.46. The van der Waals surface area contributed by atoms with Crippen molar-refractivity contribution in [1.29, 1.82) is 0 Å². The number of benzene rings is 1. The number of hydrogen-bond acceptors (Lipinski definition) is 4. The van der Waals surface area contributed by atoms with Crippen LogP contribution in [0.4, 0.5) is 4.39 Å². The molecule has 0 spiro atoms. The standard InChI is InChI=1S/C14H18FNO4/c1-19-6-4-11-9-16(5-7-20-11)14(18)12-3-2-10(15)8-13(12)17/h2-3,8,11,17H,4-7,9H2,1H3/t11-/m0/s1. The SMILES string of the molecule is COCC[C@H]1CN(C(=O)c2ccc(F)cc2O)CCO1. The maximum Gasteiger partial charge on any atom is 0.257 e. The van der Waals surface area contributed by atoms with Gasteiger partial charge in [0.1, 0.15) is 11.6 Å². The van der Waals surface area contributed by atoms with E-state index in [1.807, 2.05) is 0 Å². The van der Waals surface area contributed by atoms with Gasteiger partial charge in [-0.25, -0.2) is 4.39 Å². The molecule has 1 atom stereocenters. The van der Waals surface area contributed by atoms with Crippen molar-refractivity contribution < 1.29 is 23.8 Å². The molecule has 1 aromatic rings. The van der Waals surface area contributed by atoms with Crippen LogP contribution in [0.2, 0.25) is 0 Å². The lowest BCUT2D eigenvalue weighted by molar-refractivity contribution is -0.0333. The second-order valence-electron chi connectivity index (χ2n) is 4.69. The van der Waals surface area contributed by atoms with E-state index in [2.05, 4.69) is 0 Å². The molecule has 20 heavy (non-hydrogen) atoms. The predicted octanol–water partition coefficient (Wildman–Crippen LogP) is 1.41. The summed E-state index contributed by atoms with van der Waals surface area (Å²) in [4.78, 5) is 13.9. The number of morpholine rings is 1. The normalized spacial score (nSPS) is 19.1. The van der Waals surface area contributed by atoms with Crippen LogP contribution in [0.25, 0.3) is 0 Å². The fourth-order valence-electron chi connectivity index (χ4n) is 2.18. The summed E-state index contributed by atoms with van der Waals surface area (Å²) in [5, 5.41) is 9.66. The maximum atomic E-state index is 12.9. The molecular weight excluding hydrogens is 265 g/mol. The Morgan fingerprint density at radius 2 is 2.40 bits per heavy atom. The van der Waals surface area contributed by atoms with Gasteiger partial charge in [-0.15, -0.1) is 0 Å². The molecule has 110 valence electrons. The molecule has 2 rings (SSSR count). The Morgan fingerprint density at radius 1 is 1.60 bits per heavy atom. The van der Waals surface area contributed by atoms with Crippen molar-refractivity contribution in [2.24, 2.45) is 0 Å². The minimum Gasteiger partial charge on any atom is -0.507 e. The highest BCUT2D eigenvalue weighted by Crippen LogP contribution is 2.21. The van der Waals surface area contributed by atoms with E-state index in [1.54, 1.807) is 12.0 Å². The zero-order chi connectivity index (χ0) is 14.5. The molecule has 5 nitrogen and oxygen atoms in total. The smallest absolute Gasteiger partial charge is 0.257 e. The molecule has 1 fully saturated rings. The van der Waals surface area contributed by atoms with Crippen LogP contribution in [0.3, 0.4) is 0 Å². The van der Waals surface area contributed by atoms with E-state index in [4.69, 9.17) is 9.47 Å². The summed E-state index contributed by atoms with van der Waals surface area (Å²) in [7, 11) is 1.61. The van der Waals surface area contributed by atoms with E-state index < -0.39 is 5.82 Å². The van der Waals surface area contributed by atoms with Crippen LogP contribution in [-0.2, 0) is 9.47 Å². The number of aromatic hydroxyl groups is 1. The molecule has 0 saturated carbocycles. The first kappa shape index (κ1) is 14.7. The van der Waals surface area contributed by atoms with Gasteiger partial charge in [0.05, 0.1) is 18.3 Å². The van der Waals surface area contributed by atoms with Crippen molar-refractivity contribution in [3.05, 3.63) is 29.6 Å². The van der Waals surface area contributed by atoms with Gasteiger partial charge in [-0.3, -0.25) is 4.79 Å². The minimum absolute atomic E-state index is 0.0739. The van der Waals surface area contributed by atoms with Crippen molar-refractivity contribution in [3.63, 3.8) is 0 Å². The van der Waals surface area contributed by atoms with Gasteiger partial charge in [0.25, 0.3) is 5.91 Å². The van der Waals surface area contributed by atoms with Gasteiger partial charge >= 0.3 is 0 Å². The summed E-state index contributed by atoms with van der Waals surface area (Å²) in [6.45, 7) is 1.91. The Balaban J connectivity index is 2.04. The average Bonchev–Trinajstić information content (AvgIpc) is 2.45. The lowest BCUT2D eigenvalue weighted by atomic mass is 10.1. The lowest BCUT2D eigenvalue weighted by Gasteiger charge is -2.33. The average molecular weight is 283 g/mol. The molecule has 1 amide bonds. The number of phenols is 1. The van der Waals surface area contributed by atoms with Crippen LogP contribution in [0.1, 0.15) is 16.8 Å². The van der Waals surface area contributed by atoms with E-state index in [-0.39, 0.29) is 23.3 Å². The summed E-state index contributed by atoms with van der Waals surface area (Å²) in [6.07, 6.45) is 0.630. The van der Waals surface area contributed by atoms with Gasteiger partial charge in [0.2, 0.25) is 0 Å². The highest BCUT2D eigenvalue weighted by atomic mass is 19.1. The van der Waals surface area contributed by atoms with Gasteiger partial charge < -0.3 is 19.5 Å². The fourth-order valence-corrected chi connectivity index (χ4v) is 2.18. The van der Waals surface area contributed by atoms with Gasteiger partial charge in [0, 0.05) is 32.9 Å². The van der Waals surface area contributed by atoms with Crippen LogP contribution in [0.5, 0.6) is 5.75 Å². The second kappa shape index (κ2) is 6.67. The third-order valence-electron chi connectivity index (χ3n) is 3.26. The molecule has 0 aliphatic carbocycles. The van der Waals surface area contributed by atoms with Crippen molar-refractivity contribution in [1.82, 2.24) is 4.90 Å². The highest BCUT2D eigenvalue weighted by Gasteiger charge is 2.26.